The summed E-state index contributed by atoms with van der Waals surface area (Å²) in [7, 11) is -3.52. The summed E-state index contributed by atoms with van der Waals surface area (Å²) in [6, 6.07) is 6.27. The first kappa shape index (κ1) is 21.6. The lowest BCUT2D eigenvalue weighted by molar-refractivity contribution is -0.125. The summed E-state index contributed by atoms with van der Waals surface area (Å²) in [5.41, 5.74) is 0. The number of nitrogens with zero attached hydrogens (tertiary/aromatic N) is 1. The minimum atomic E-state index is -3.52. The van der Waals surface area contributed by atoms with Crippen molar-refractivity contribution >= 4 is 27.5 Å². The van der Waals surface area contributed by atoms with Gasteiger partial charge in [-0.15, -0.1) is 0 Å². The molecule has 1 aliphatic carbocycles. The largest absolute Gasteiger partial charge is 0.356 e. The molecule has 2 aliphatic rings. The molecule has 156 valence electrons. The van der Waals surface area contributed by atoms with Crippen molar-refractivity contribution in [2.75, 3.05) is 13.1 Å². The van der Waals surface area contributed by atoms with Gasteiger partial charge in [-0.3, -0.25) is 4.79 Å². The Balaban J connectivity index is 1.53. The summed E-state index contributed by atoms with van der Waals surface area (Å²) in [5, 5.41) is 3.59. The number of halogens is 1. The Bertz CT molecular complexity index is 743. The van der Waals surface area contributed by atoms with Crippen molar-refractivity contribution in [2.24, 2.45) is 5.92 Å². The van der Waals surface area contributed by atoms with Gasteiger partial charge >= 0.3 is 0 Å². The number of hydrogen-bond acceptors (Lipinski definition) is 3. The predicted molar refractivity (Wildman–Crippen MR) is 112 cm³/mol. The van der Waals surface area contributed by atoms with Crippen LogP contribution < -0.4 is 5.32 Å². The molecular formula is C21H31ClN2O3S. The van der Waals surface area contributed by atoms with Gasteiger partial charge in [-0.05, 0) is 56.4 Å². The molecule has 1 N–H and O–H groups in total. The number of nitrogens with one attached hydrogen (secondary N) is 1. The van der Waals surface area contributed by atoms with Crippen molar-refractivity contribution in [3.8, 4) is 0 Å². The zero-order chi connectivity index (χ0) is 20.0. The van der Waals surface area contributed by atoms with Gasteiger partial charge in [0.05, 0.1) is 4.90 Å². The van der Waals surface area contributed by atoms with E-state index in [1.807, 2.05) is 0 Å². The Kier molecular flexibility index (Phi) is 7.77. The topological polar surface area (TPSA) is 66.5 Å². The fourth-order valence-corrected chi connectivity index (χ4v) is 6.23. The summed E-state index contributed by atoms with van der Waals surface area (Å²) >= 11 is 5.88. The van der Waals surface area contributed by atoms with Crippen LogP contribution in [0.3, 0.4) is 0 Å². The van der Waals surface area contributed by atoms with E-state index in [4.69, 9.17) is 11.6 Å². The van der Waals surface area contributed by atoms with Crippen LogP contribution in [-0.4, -0.2) is 37.8 Å². The van der Waals surface area contributed by atoms with E-state index in [1.165, 1.54) is 19.3 Å². The fourth-order valence-electron chi connectivity index (χ4n) is 4.38. The highest BCUT2D eigenvalue weighted by molar-refractivity contribution is 7.89. The minimum absolute atomic E-state index is 0.0571. The molecule has 7 heteroatoms. The third-order valence-electron chi connectivity index (χ3n) is 6.00. The Morgan fingerprint density at radius 2 is 1.64 bits per heavy atom. The van der Waals surface area contributed by atoms with Gasteiger partial charge in [0.2, 0.25) is 15.9 Å². The Morgan fingerprint density at radius 3 is 2.32 bits per heavy atom. The molecule has 3 rings (SSSR count). The average molecular weight is 427 g/mol. The second-order valence-electron chi connectivity index (χ2n) is 7.99. The van der Waals surface area contributed by atoms with Gasteiger partial charge in [-0.2, -0.15) is 4.31 Å². The van der Waals surface area contributed by atoms with Crippen LogP contribution in [0.2, 0.25) is 5.02 Å². The molecule has 1 saturated heterocycles. The maximum absolute atomic E-state index is 13.0. The van der Waals surface area contributed by atoms with Crippen LogP contribution in [0.5, 0.6) is 0 Å². The maximum Gasteiger partial charge on any atom is 0.243 e. The van der Waals surface area contributed by atoms with Gasteiger partial charge < -0.3 is 5.32 Å². The van der Waals surface area contributed by atoms with Crippen molar-refractivity contribution in [1.29, 1.82) is 0 Å². The number of amides is 1. The summed E-state index contributed by atoms with van der Waals surface area (Å²) in [6.07, 6.45) is 10.3. The first-order valence-electron chi connectivity index (χ1n) is 10.5. The van der Waals surface area contributed by atoms with Crippen LogP contribution >= 0.6 is 11.6 Å². The quantitative estimate of drug-likeness (QED) is 0.734. The molecule has 1 saturated carbocycles. The molecule has 0 bridgehead atoms. The van der Waals surface area contributed by atoms with E-state index in [1.54, 1.807) is 28.6 Å². The number of carbonyl (C=O) groups excluding carboxylic acids is 1. The molecule has 5 nitrogen and oxygen atoms in total. The van der Waals surface area contributed by atoms with E-state index in [2.05, 4.69) is 5.32 Å². The molecule has 1 aromatic rings. The van der Waals surface area contributed by atoms with Gasteiger partial charge in [-0.1, -0.05) is 43.7 Å². The fraction of sp³-hybridized carbons (Fsp3) is 0.667. The third kappa shape index (κ3) is 5.49. The van der Waals surface area contributed by atoms with Crippen LogP contribution in [0.15, 0.2) is 29.2 Å². The Labute approximate surface area is 173 Å². The lowest BCUT2D eigenvalue weighted by atomic mass is 9.90. The van der Waals surface area contributed by atoms with Gasteiger partial charge in [0.25, 0.3) is 0 Å². The monoisotopic (exact) mass is 426 g/mol. The highest BCUT2D eigenvalue weighted by Crippen LogP contribution is 2.28. The van der Waals surface area contributed by atoms with Crippen molar-refractivity contribution in [1.82, 2.24) is 9.62 Å². The average Bonchev–Trinajstić information content (AvgIpc) is 3.11. The molecule has 1 heterocycles. The number of rotatable bonds is 6. The second kappa shape index (κ2) is 10.1. The Morgan fingerprint density at radius 1 is 1.00 bits per heavy atom. The zero-order valence-corrected chi connectivity index (χ0v) is 18.0. The first-order valence-corrected chi connectivity index (χ1v) is 12.4. The summed E-state index contributed by atoms with van der Waals surface area (Å²) < 4.78 is 27.5. The standard InChI is InChI=1S/C21H31ClN2O3S/c22-18-10-12-20(13-11-18)28(26,27)24-16-6-9-19(24)14-15-23-21(25)17-7-4-2-1-3-5-8-17/h10-13,17,19H,1-9,14-16H2,(H,23,25). The highest BCUT2D eigenvalue weighted by atomic mass is 35.5. The molecule has 0 aromatic heterocycles. The molecule has 0 spiro atoms. The first-order chi connectivity index (χ1) is 13.5. The van der Waals surface area contributed by atoms with E-state index in [9.17, 15) is 13.2 Å². The Hall–Kier alpha value is -1.11. The molecule has 1 aliphatic heterocycles. The van der Waals surface area contributed by atoms with E-state index in [0.717, 1.165) is 38.5 Å². The molecule has 1 unspecified atom stereocenters. The molecule has 28 heavy (non-hydrogen) atoms. The van der Waals surface area contributed by atoms with E-state index in [0.29, 0.717) is 24.5 Å². The molecule has 2 fully saturated rings. The van der Waals surface area contributed by atoms with Crippen LogP contribution in [0.25, 0.3) is 0 Å². The SMILES string of the molecule is O=C(NCCC1CCCN1S(=O)(=O)c1ccc(Cl)cc1)C1CCCCCCC1. The van der Waals surface area contributed by atoms with Gasteiger partial charge in [0, 0.05) is 30.1 Å². The number of hydrogen-bond donors (Lipinski definition) is 1. The summed E-state index contributed by atoms with van der Waals surface area (Å²) in [6.45, 7) is 1.07. The van der Waals surface area contributed by atoms with Gasteiger partial charge in [0.15, 0.2) is 0 Å². The van der Waals surface area contributed by atoms with Crippen LogP contribution in [0, 0.1) is 5.92 Å². The van der Waals surface area contributed by atoms with Crippen LogP contribution in [0.4, 0.5) is 0 Å². The highest BCUT2D eigenvalue weighted by Gasteiger charge is 2.35. The number of carbonyl (C=O) groups is 1. The molecular weight excluding hydrogens is 396 g/mol. The van der Waals surface area contributed by atoms with Crippen molar-refractivity contribution in [3.05, 3.63) is 29.3 Å². The lowest BCUT2D eigenvalue weighted by Crippen LogP contribution is -2.39. The van der Waals surface area contributed by atoms with Crippen molar-refractivity contribution in [2.45, 2.75) is 75.1 Å². The number of sulfonamides is 1. The smallest absolute Gasteiger partial charge is 0.243 e. The summed E-state index contributed by atoms with van der Waals surface area (Å²) in [5.74, 6) is 0.268. The minimum Gasteiger partial charge on any atom is -0.356 e. The zero-order valence-electron chi connectivity index (χ0n) is 16.4. The van der Waals surface area contributed by atoms with Gasteiger partial charge in [0.1, 0.15) is 0 Å². The lowest BCUT2D eigenvalue weighted by Gasteiger charge is -2.25. The maximum atomic E-state index is 13.0. The van der Waals surface area contributed by atoms with E-state index in [-0.39, 0.29) is 22.8 Å². The summed E-state index contributed by atoms with van der Waals surface area (Å²) in [4.78, 5) is 12.8. The van der Waals surface area contributed by atoms with Crippen molar-refractivity contribution < 1.29 is 13.2 Å². The normalized spacial score (nSPS) is 22.5. The molecule has 1 aromatic carbocycles. The van der Waals surface area contributed by atoms with E-state index >= 15 is 0 Å². The molecule has 1 atom stereocenters. The second-order valence-corrected chi connectivity index (χ2v) is 10.3. The third-order valence-corrected chi connectivity index (χ3v) is 8.21. The number of benzene rings is 1. The van der Waals surface area contributed by atoms with Gasteiger partial charge in [-0.25, -0.2) is 8.42 Å². The van der Waals surface area contributed by atoms with Crippen LogP contribution in [-0.2, 0) is 14.8 Å². The van der Waals surface area contributed by atoms with Crippen molar-refractivity contribution in [3.63, 3.8) is 0 Å². The predicted octanol–water partition coefficient (Wildman–Crippen LogP) is 4.36. The van der Waals surface area contributed by atoms with E-state index < -0.39 is 10.0 Å². The van der Waals surface area contributed by atoms with Crippen LogP contribution in [0.1, 0.15) is 64.2 Å². The molecule has 1 amide bonds. The molecule has 0 radical (unpaired) electrons.